The van der Waals surface area contributed by atoms with Crippen LogP contribution in [0.2, 0.25) is 0 Å². The van der Waals surface area contributed by atoms with Crippen molar-refractivity contribution in [2.45, 2.75) is 69.9 Å². The molecular formula is C28H34N2O5. The van der Waals surface area contributed by atoms with Crippen molar-refractivity contribution in [1.29, 1.82) is 0 Å². The molecule has 2 aromatic carbocycles. The monoisotopic (exact) mass is 478 g/mol. The molecule has 2 aliphatic carbocycles. The first-order valence-electron chi connectivity index (χ1n) is 12.4. The number of carboxylic acid groups (broad SMARTS) is 1. The molecule has 0 radical (unpaired) electrons. The van der Waals surface area contributed by atoms with Gasteiger partial charge in [-0.2, -0.15) is 0 Å². The molecule has 3 atom stereocenters. The number of alkyl carbamates (subject to hydrolysis) is 1. The summed E-state index contributed by atoms with van der Waals surface area (Å²) in [4.78, 5) is 37.8. The molecule has 2 aliphatic rings. The van der Waals surface area contributed by atoms with Crippen LogP contribution in [0.4, 0.5) is 4.79 Å². The van der Waals surface area contributed by atoms with Gasteiger partial charge in [-0.3, -0.25) is 4.79 Å². The van der Waals surface area contributed by atoms with Crippen LogP contribution in [-0.2, 0) is 14.3 Å². The largest absolute Gasteiger partial charge is 0.480 e. The van der Waals surface area contributed by atoms with Crippen LogP contribution in [0.15, 0.2) is 48.5 Å². The van der Waals surface area contributed by atoms with Gasteiger partial charge in [0.1, 0.15) is 12.1 Å². The third-order valence-electron chi connectivity index (χ3n) is 7.83. The number of rotatable bonds is 7. The third kappa shape index (κ3) is 4.77. The number of hydrogen-bond donors (Lipinski definition) is 3. The quantitative estimate of drug-likeness (QED) is 0.528. The normalized spacial score (nSPS) is 22.9. The maximum atomic E-state index is 13.1. The Hall–Kier alpha value is -3.35. The van der Waals surface area contributed by atoms with E-state index in [2.05, 4.69) is 34.9 Å². The number of fused-ring (bicyclic) bond motifs is 3. The number of carbonyl (C=O) groups is 3. The summed E-state index contributed by atoms with van der Waals surface area (Å²) >= 11 is 0. The Bertz CT molecular complexity index is 1090. The molecule has 0 bridgehead atoms. The van der Waals surface area contributed by atoms with Gasteiger partial charge in [-0.25, -0.2) is 9.59 Å². The first-order valence-corrected chi connectivity index (χ1v) is 12.4. The minimum Gasteiger partial charge on any atom is -0.480 e. The van der Waals surface area contributed by atoms with Crippen LogP contribution in [0, 0.1) is 5.92 Å². The summed E-state index contributed by atoms with van der Waals surface area (Å²) in [5.41, 5.74) is 2.42. The summed E-state index contributed by atoms with van der Waals surface area (Å²) in [6.07, 6.45) is 2.60. The molecule has 0 saturated heterocycles. The number of benzene rings is 2. The lowest BCUT2D eigenvalue weighted by Gasteiger charge is -2.42. The maximum Gasteiger partial charge on any atom is 0.407 e. The van der Waals surface area contributed by atoms with E-state index in [1.54, 1.807) is 6.92 Å². The highest BCUT2D eigenvalue weighted by Gasteiger charge is 2.45. The van der Waals surface area contributed by atoms with E-state index in [4.69, 9.17) is 4.74 Å². The van der Waals surface area contributed by atoms with E-state index < -0.39 is 29.1 Å². The highest BCUT2D eigenvalue weighted by atomic mass is 16.5. The van der Waals surface area contributed by atoms with Crippen LogP contribution in [0.1, 0.15) is 69.9 Å². The second-order valence-corrected chi connectivity index (χ2v) is 10.1. The molecular weight excluding hydrogens is 444 g/mol. The summed E-state index contributed by atoms with van der Waals surface area (Å²) < 4.78 is 5.72. The number of aliphatic carboxylic acids is 1. The Balaban J connectivity index is 1.45. The maximum absolute atomic E-state index is 13.1. The van der Waals surface area contributed by atoms with Gasteiger partial charge in [0.05, 0.1) is 11.5 Å². The second kappa shape index (κ2) is 9.72. The lowest BCUT2D eigenvalue weighted by molar-refractivity contribution is -0.148. The number of carboxylic acids is 1. The smallest absolute Gasteiger partial charge is 0.407 e. The standard InChI is InChI=1S/C28H34N2O5/c1-4-27(2,25(32)33)29-24(31)23-15-9-10-16-28(23,3)30-26(34)35-17-22-20-13-7-5-11-18(20)19-12-6-8-14-21(19)22/h5-8,11-14,22-23H,4,9-10,15-17H2,1-3H3,(H,29,31)(H,30,34)(H,32,33). The fourth-order valence-electron chi connectivity index (χ4n) is 5.42. The van der Waals surface area contributed by atoms with Crippen LogP contribution >= 0.6 is 0 Å². The van der Waals surface area contributed by atoms with E-state index in [1.807, 2.05) is 31.2 Å². The van der Waals surface area contributed by atoms with Crippen molar-refractivity contribution in [2.75, 3.05) is 6.61 Å². The Morgan fingerprint density at radius 2 is 1.66 bits per heavy atom. The summed E-state index contributed by atoms with van der Waals surface area (Å²) in [5.74, 6) is -2.01. The minimum absolute atomic E-state index is 0.0489. The average Bonchev–Trinajstić information content (AvgIpc) is 3.16. The topological polar surface area (TPSA) is 105 Å². The Kier molecular flexibility index (Phi) is 6.88. The van der Waals surface area contributed by atoms with Gasteiger partial charge in [0.25, 0.3) is 0 Å². The molecule has 35 heavy (non-hydrogen) atoms. The zero-order valence-electron chi connectivity index (χ0n) is 20.6. The molecule has 186 valence electrons. The molecule has 3 N–H and O–H groups in total. The first-order chi connectivity index (χ1) is 16.7. The predicted molar refractivity (Wildman–Crippen MR) is 133 cm³/mol. The lowest BCUT2D eigenvalue weighted by atomic mass is 9.73. The molecule has 0 spiro atoms. The zero-order chi connectivity index (χ0) is 25.2. The van der Waals surface area contributed by atoms with Gasteiger partial charge in [-0.15, -0.1) is 0 Å². The van der Waals surface area contributed by atoms with E-state index in [0.29, 0.717) is 12.8 Å². The summed E-state index contributed by atoms with van der Waals surface area (Å²) in [5, 5.41) is 15.2. The highest BCUT2D eigenvalue weighted by Crippen LogP contribution is 2.44. The number of ether oxygens (including phenoxy) is 1. The highest BCUT2D eigenvalue weighted by molar-refractivity contribution is 5.89. The minimum atomic E-state index is -1.35. The van der Waals surface area contributed by atoms with Gasteiger partial charge in [0.2, 0.25) is 5.91 Å². The van der Waals surface area contributed by atoms with E-state index in [9.17, 15) is 19.5 Å². The van der Waals surface area contributed by atoms with Crippen molar-refractivity contribution < 1.29 is 24.2 Å². The van der Waals surface area contributed by atoms with E-state index in [-0.39, 0.29) is 24.9 Å². The van der Waals surface area contributed by atoms with Crippen molar-refractivity contribution in [3.8, 4) is 11.1 Å². The van der Waals surface area contributed by atoms with Gasteiger partial charge in [-0.1, -0.05) is 68.3 Å². The molecule has 0 aromatic heterocycles. The van der Waals surface area contributed by atoms with Crippen LogP contribution < -0.4 is 10.6 Å². The Labute approximate surface area is 206 Å². The predicted octanol–water partition coefficient (Wildman–Crippen LogP) is 4.84. The molecule has 0 aliphatic heterocycles. The van der Waals surface area contributed by atoms with Crippen LogP contribution in [0.25, 0.3) is 11.1 Å². The molecule has 2 aromatic rings. The number of carbonyl (C=O) groups excluding carboxylic acids is 2. The molecule has 0 heterocycles. The van der Waals surface area contributed by atoms with Gasteiger partial charge in [-0.05, 0) is 55.4 Å². The third-order valence-corrected chi connectivity index (χ3v) is 7.83. The summed E-state index contributed by atoms with van der Waals surface area (Å²) in [7, 11) is 0. The fraction of sp³-hybridized carbons (Fsp3) is 0.464. The number of nitrogens with one attached hydrogen (secondary N) is 2. The molecule has 1 saturated carbocycles. The molecule has 7 nitrogen and oxygen atoms in total. The van der Waals surface area contributed by atoms with Gasteiger partial charge >= 0.3 is 12.1 Å². The molecule has 3 unspecified atom stereocenters. The fourth-order valence-corrected chi connectivity index (χ4v) is 5.42. The Morgan fingerprint density at radius 3 is 2.23 bits per heavy atom. The molecule has 2 amide bonds. The molecule has 7 heteroatoms. The number of hydrogen-bond acceptors (Lipinski definition) is 4. The Morgan fingerprint density at radius 1 is 1.06 bits per heavy atom. The van der Waals surface area contributed by atoms with Crippen molar-refractivity contribution in [1.82, 2.24) is 10.6 Å². The van der Waals surface area contributed by atoms with Crippen LogP contribution in [-0.4, -0.2) is 40.8 Å². The molecule has 1 fully saturated rings. The average molecular weight is 479 g/mol. The summed E-state index contributed by atoms with van der Waals surface area (Å²) in [6.45, 7) is 5.28. The van der Waals surface area contributed by atoms with Crippen LogP contribution in [0.5, 0.6) is 0 Å². The second-order valence-electron chi connectivity index (χ2n) is 10.1. The van der Waals surface area contributed by atoms with Gasteiger partial charge in [0, 0.05) is 5.92 Å². The first kappa shape index (κ1) is 24.8. The van der Waals surface area contributed by atoms with Crippen molar-refractivity contribution in [2.24, 2.45) is 5.92 Å². The summed E-state index contributed by atoms with van der Waals surface area (Å²) in [6, 6.07) is 16.3. The van der Waals surface area contributed by atoms with E-state index in [0.717, 1.165) is 35.1 Å². The molecule has 4 rings (SSSR count). The zero-order valence-corrected chi connectivity index (χ0v) is 20.6. The number of amides is 2. The van der Waals surface area contributed by atoms with Crippen LogP contribution in [0.3, 0.4) is 0 Å². The van der Waals surface area contributed by atoms with E-state index in [1.165, 1.54) is 6.92 Å². The van der Waals surface area contributed by atoms with Crippen molar-refractivity contribution >= 4 is 18.0 Å². The van der Waals surface area contributed by atoms with Gasteiger partial charge < -0.3 is 20.5 Å². The SMILES string of the molecule is CCC(C)(NC(=O)C1CCCCC1(C)NC(=O)OCC1c2ccccc2-c2ccccc21)C(=O)O. The van der Waals surface area contributed by atoms with Crippen molar-refractivity contribution in [3.63, 3.8) is 0 Å². The van der Waals surface area contributed by atoms with Gasteiger partial charge in [0.15, 0.2) is 0 Å². The van der Waals surface area contributed by atoms with E-state index >= 15 is 0 Å². The lowest BCUT2D eigenvalue weighted by Crippen LogP contribution is -2.61. The van der Waals surface area contributed by atoms with Crippen molar-refractivity contribution in [3.05, 3.63) is 59.7 Å².